The zero-order chi connectivity index (χ0) is 28.2. The summed E-state index contributed by atoms with van der Waals surface area (Å²) < 4.78 is 29.7. The predicted molar refractivity (Wildman–Crippen MR) is 145 cm³/mol. The van der Waals surface area contributed by atoms with Crippen molar-refractivity contribution < 1.29 is 28.3 Å². The Labute approximate surface area is 223 Å². The second-order valence-electron chi connectivity index (χ2n) is 8.61. The van der Waals surface area contributed by atoms with Gasteiger partial charge in [0.25, 0.3) is 15.7 Å². The summed E-state index contributed by atoms with van der Waals surface area (Å²) in [7, 11) is -4.39. The Balaban J connectivity index is 1.70. The number of para-hydroxylation sites is 2. The number of benzene rings is 3. The molecule has 12 nitrogen and oxygen atoms in total. The van der Waals surface area contributed by atoms with Crippen LogP contribution in [0.25, 0.3) is 10.9 Å². The largest absolute Gasteiger partial charge is 0.493 e. The van der Waals surface area contributed by atoms with Crippen LogP contribution in [0, 0.1) is 10.1 Å². The van der Waals surface area contributed by atoms with Gasteiger partial charge in [0.1, 0.15) is 0 Å². The highest BCUT2D eigenvalue weighted by atomic mass is 32.2. The van der Waals surface area contributed by atoms with Crippen LogP contribution < -0.4 is 4.72 Å². The number of anilines is 1. The SMILES string of the molecule is CCCCCn1c(O)c(N=Nc2ccc(S(=O)(=O)Nc3ccccc3C(=O)O)cc2[N+](=O)[O-])c2ccccc21. The molecule has 0 saturated carbocycles. The Bertz CT molecular complexity index is 1700. The number of nitrogens with zero attached hydrogens (tertiary/aromatic N) is 4. The van der Waals surface area contributed by atoms with E-state index in [1.165, 1.54) is 24.3 Å². The Morgan fingerprint density at radius 2 is 1.77 bits per heavy atom. The van der Waals surface area contributed by atoms with E-state index in [9.17, 15) is 33.5 Å². The van der Waals surface area contributed by atoms with E-state index in [2.05, 4.69) is 21.9 Å². The normalized spacial score (nSPS) is 11.7. The topological polar surface area (TPSA) is 176 Å². The van der Waals surface area contributed by atoms with Crippen LogP contribution in [0.1, 0.15) is 36.5 Å². The van der Waals surface area contributed by atoms with Gasteiger partial charge in [-0.2, -0.15) is 0 Å². The molecule has 1 heterocycles. The van der Waals surface area contributed by atoms with Crippen molar-refractivity contribution in [2.45, 2.75) is 37.6 Å². The summed E-state index contributed by atoms with van der Waals surface area (Å²) in [5.74, 6) is -1.47. The molecule has 0 saturated heterocycles. The van der Waals surface area contributed by atoms with Crippen molar-refractivity contribution in [3.05, 3.63) is 82.4 Å². The molecule has 3 N–H and O–H groups in total. The fourth-order valence-electron chi connectivity index (χ4n) is 4.08. The molecular formula is C26H25N5O7S. The van der Waals surface area contributed by atoms with E-state index in [0.29, 0.717) is 11.9 Å². The van der Waals surface area contributed by atoms with E-state index in [4.69, 9.17) is 0 Å². The van der Waals surface area contributed by atoms with Gasteiger partial charge in [0.15, 0.2) is 11.4 Å². The Hall–Kier alpha value is -4.78. The molecule has 202 valence electrons. The smallest absolute Gasteiger partial charge is 0.337 e. The summed E-state index contributed by atoms with van der Waals surface area (Å²) in [6.45, 7) is 2.63. The highest BCUT2D eigenvalue weighted by Crippen LogP contribution is 2.41. The summed E-state index contributed by atoms with van der Waals surface area (Å²) in [5, 5.41) is 40.7. The monoisotopic (exact) mass is 551 g/mol. The molecule has 1 aromatic heterocycles. The van der Waals surface area contributed by atoms with Crippen LogP contribution in [0.3, 0.4) is 0 Å². The number of carboxylic acids is 1. The van der Waals surface area contributed by atoms with Crippen LogP contribution in [0.2, 0.25) is 0 Å². The summed E-state index contributed by atoms with van der Waals surface area (Å²) in [6, 6.07) is 15.6. The van der Waals surface area contributed by atoms with Gasteiger partial charge < -0.3 is 14.8 Å². The van der Waals surface area contributed by atoms with Crippen LogP contribution in [0.4, 0.5) is 22.7 Å². The average molecular weight is 552 g/mol. The maximum Gasteiger partial charge on any atom is 0.337 e. The van der Waals surface area contributed by atoms with E-state index in [1.807, 2.05) is 12.1 Å². The number of nitro benzene ring substituents is 1. The third kappa shape index (κ3) is 5.72. The van der Waals surface area contributed by atoms with Gasteiger partial charge in [-0.1, -0.05) is 50.1 Å². The number of hydrogen-bond donors (Lipinski definition) is 3. The zero-order valence-corrected chi connectivity index (χ0v) is 21.6. The number of rotatable bonds is 11. The van der Waals surface area contributed by atoms with Crippen molar-refractivity contribution in [3.8, 4) is 5.88 Å². The van der Waals surface area contributed by atoms with Crippen molar-refractivity contribution >= 4 is 49.6 Å². The van der Waals surface area contributed by atoms with Gasteiger partial charge in [-0.15, -0.1) is 10.2 Å². The minimum absolute atomic E-state index is 0.126. The predicted octanol–water partition coefficient (Wildman–Crippen LogP) is 6.36. The summed E-state index contributed by atoms with van der Waals surface area (Å²) in [6.07, 6.45) is 2.82. The first-order chi connectivity index (χ1) is 18.6. The van der Waals surface area contributed by atoms with Crippen LogP contribution in [-0.2, 0) is 16.6 Å². The first-order valence-corrected chi connectivity index (χ1v) is 13.5. The van der Waals surface area contributed by atoms with Gasteiger partial charge in [0.05, 0.1) is 26.6 Å². The summed E-state index contributed by atoms with van der Waals surface area (Å²) >= 11 is 0. The van der Waals surface area contributed by atoms with Crippen LogP contribution in [0.5, 0.6) is 5.88 Å². The van der Waals surface area contributed by atoms with Gasteiger partial charge in [-0.05, 0) is 36.8 Å². The molecule has 3 aromatic carbocycles. The molecule has 13 heteroatoms. The van der Waals surface area contributed by atoms with E-state index in [-0.39, 0.29) is 28.5 Å². The molecule has 0 amide bonds. The van der Waals surface area contributed by atoms with Crippen LogP contribution >= 0.6 is 0 Å². The van der Waals surface area contributed by atoms with E-state index in [1.54, 1.807) is 16.7 Å². The zero-order valence-electron chi connectivity index (χ0n) is 20.8. The molecule has 0 spiro atoms. The van der Waals surface area contributed by atoms with Crippen molar-refractivity contribution in [1.29, 1.82) is 0 Å². The van der Waals surface area contributed by atoms with E-state index in [0.717, 1.165) is 43.0 Å². The molecule has 0 aliphatic carbocycles. The Kier molecular flexibility index (Phi) is 7.91. The lowest BCUT2D eigenvalue weighted by Crippen LogP contribution is -2.15. The minimum Gasteiger partial charge on any atom is -0.493 e. The molecule has 0 unspecified atom stereocenters. The molecular weight excluding hydrogens is 526 g/mol. The molecule has 0 atom stereocenters. The van der Waals surface area contributed by atoms with Crippen molar-refractivity contribution in [2.24, 2.45) is 10.2 Å². The molecule has 0 fully saturated rings. The average Bonchev–Trinajstić information content (AvgIpc) is 3.17. The van der Waals surface area contributed by atoms with Crippen molar-refractivity contribution in [1.82, 2.24) is 4.57 Å². The lowest BCUT2D eigenvalue weighted by molar-refractivity contribution is -0.384. The number of sulfonamides is 1. The van der Waals surface area contributed by atoms with Gasteiger partial charge in [0, 0.05) is 18.0 Å². The maximum atomic E-state index is 12.9. The van der Waals surface area contributed by atoms with Crippen LogP contribution in [-0.4, -0.2) is 34.1 Å². The molecule has 4 rings (SSSR count). The first kappa shape index (κ1) is 27.3. The number of carboxylic acid groups (broad SMARTS) is 1. The number of aromatic hydroxyl groups is 1. The quantitative estimate of drug-likeness (QED) is 0.0840. The van der Waals surface area contributed by atoms with E-state index >= 15 is 0 Å². The number of carbonyl (C=O) groups is 1. The van der Waals surface area contributed by atoms with Gasteiger partial charge >= 0.3 is 5.97 Å². The third-order valence-electron chi connectivity index (χ3n) is 6.02. The number of azo groups is 1. The lowest BCUT2D eigenvalue weighted by atomic mass is 10.2. The third-order valence-corrected chi connectivity index (χ3v) is 7.38. The fourth-order valence-corrected chi connectivity index (χ4v) is 5.18. The standard InChI is InChI=1S/C26H25N5O7S/c1-2-3-8-15-30-22-12-7-5-10-19(22)24(25(30)32)28-27-21-14-13-17(16-23(21)31(35)36)39(37,38)29-20-11-6-4-9-18(20)26(33)34/h4-7,9-14,16,29,32H,2-3,8,15H2,1H3,(H,33,34). The Morgan fingerprint density at radius 1 is 1.05 bits per heavy atom. The molecule has 0 radical (unpaired) electrons. The number of unbranched alkanes of at least 4 members (excludes halogenated alkanes) is 2. The first-order valence-electron chi connectivity index (χ1n) is 12.0. The van der Waals surface area contributed by atoms with Gasteiger partial charge in [0.2, 0.25) is 5.88 Å². The number of hydrogen-bond acceptors (Lipinski definition) is 8. The van der Waals surface area contributed by atoms with Crippen LogP contribution in [0.15, 0.2) is 81.9 Å². The highest BCUT2D eigenvalue weighted by Gasteiger charge is 2.24. The Morgan fingerprint density at radius 3 is 2.49 bits per heavy atom. The molecule has 0 aliphatic heterocycles. The number of aromatic carboxylic acids is 1. The number of aryl methyl sites for hydroxylation is 1. The second kappa shape index (κ2) is 11.3. The molecule has 0 aliphatic rings. The fraction of sp³-hybridized carbons (Fsp3) is 0.192. The number of nitro groups is 1. The summed E-state index contributed by atoms with van der Waals surface area (Å²) in [5.41, 5.74) is -0.466. The van der Waals surface area contributed by atoms with Gasteiger partial charge in [-0.3, -0.25) is 14.8 Å². The highest BCUT2D eigenvalue weighted by molar-refractivity contribution is 7.92. The number of nitrogens with one attached hydrogen (secondary N) is 1. The van der Waals surface area contributed by atoms with Gasteiger partial charge in [-0.25, -0.2) is 13.2 Å². The lowest BCUT2D eigenvalue weighted by Gasteiger charge is -2.10. The molecule has 39 heavy (non-hydrogen) atoms. The molecule has 0 bridgehead atoms. The summed E-state index contributed by atoms with van der Waals surface area (Å²) in [4.78, 5) is 22.0. The minimum atomic E-state index is -4.39. The van der Waals surface area contributed by atoms with E-state index < -0.39 is 31.5 Å². The molecule has 4 aromatic rings. The second-order valence-corrected chi connectivity index (χ2v) is 10.3. The number of fused-ring (bicyclic) bond motifs is 1. The van der Waals surface area contributed by atoms with Crippen molar-refractivity contribution in [3.63, 3.8) is 0 Å². The number of aromatic nitrogens is 1. The van der Waals surface area contributed by atoms with Crippen molar-refractivity contribution in [2.75, 3.05) is 4.72 Å². The maximum absolute atomic E-state index is 12.9.